The number of imidazole rings is 1. The van der Waals surface area contributed by atoms with Gasteiger partial charge in [-0.3, -0.25) is 4.57 Å². The molecule has 0 aliphatic rings. The number of hydrogen-bond acceptors (Lipinski definition) is 3. The van der Waals surface area contributed by atoms with E-state index in [1.165, 1.54) is 4.88 Å². The Kier molecular flexibility index (Phi) is 2.96. The standard InChI is InChI=1S/C14H13N3S/c15-8-11-3-1-4-12(7-11)17-10-16-9-13(17)14-5-2-6-18-14/h1-7,9-10H,8,15H2. The van der Waals surface area contributed by atoms with Crippen LogP contribution in [0.5, 0.6) is 0 Å². The van der Waals surface area contributed by atoms with E-state index in [4.69, 9.17) is 5.73 Å². The van der Waals surface area contributed by atoms with Crippen LogP contribution in [0.15, 0.2) is 54.3 Å². The third kappa shape index (κ3) is 1.96. The van der Waals surface area contributed by atoms with E-state index in [-0.39, 0.29) is 0 Å². The Morgan fingerprint density at radius 2 is 2.17 bits per heavy atom. The van der Waals surface area contributed by atoms with Crippen LogP contribution in [0.4, 0.5) is 0 Å². The summed E-state index contributed by atoms with van der Waals surface area (Å²) in [6.45, 7) is 0.552. The van der Waals surface area contributed by atoms with E-state index in [2.05, 4.69) is 33.1 Å². The van der Waals surface area contributed by atoms with E-state index in [1.54, 1.807) is 11.3 Å². The molecule has 0 aliphatic carbocycles. The third-order valence-corrected chi connectivity index (χ3v) is 3.73. The highest BCUT2D eigenvalue weighted by atomic mass is 32.1. The molecule has 0 atom stereocenters. The molecular formula is C14H13N3S. The Morgan fingerprint density at radius 1 is 1.22 bits per heavy atom. The molecule has 2 aromatic heterocycles. The molecule has 0 bridgehead atoms. The van der Waals surface area contributed by atoms with Crippen molar-refractivity contribution >= 4 is 11.3 Å². The largest absolute Gasteiger partial charge is 0.326 e. The van der Waals surface area contributed by atoms with Crippen LogP contribution in [0.2, 0.25) is 0 Å². The lowest BCUT2D eigenvalue weighted by Gasteiger charge is -2.08. The van der Waals surface area contributed by atoms with Crippen LogP contribution in [0, 0.1) is 0 Å². The van der Waals surface area contributed by atoms with Crippen LogP contribution in [-0.2, 0) is 6.54 Å². The van der Waals surface area contributed by atoms with Crippen LogP contribution in [0.25, 0.3) is 16.3 Å². The fourth-order valence-electron chi connectivity index (χ4n) is 1.94. The molecule has 18 heavy (non-hydrogen) atoms. The first-order valence-corrected chi connectivity index (χ1v) is 6.62. The smallest absolute Gasteiger partial charge is 0.0997 e. The molecule has 3 nitrogen and oxygen atoms in total. The van der Waals surface area contributed by atoms with E-state index in [0.29, 0.717) is 6.54 Å². The maximum absolute atomic E-state index is 5.68. The van der Waals surface area contributed by atoms with Gasteiger partial charge in [-0.05, 0) is 29.1 Å². The van der Waals surface area contributed by atoms with Crippen molar-refractivity contribution in [1.29, 1.82) is 0 Å². The van der Waals surface area contributed by atoms with Gasteiger partial charge in [0.15, 0.2) is 0 Å². The number of nitrogens with zero attached hydrogens (tertiary/aromatic N) is 2. The minimum atomic E-state index is 0.552. The fourth-order valence-corrected chi connectivity index (χ4v) is 2.67. The predicted octanol–water partition coefficient (Wildman–Crippen LogP) is 3.06. The summed E-state index contributed by atoms with van der Waals surface area (Å²) in [6.07, 6.45) is 3.73. The van der Waals surface area contributed by atoms with Gasteiger partial charge in [-0.1, -0.05) is 18.2 Å². The highest BCUT2D eigenvalue weighted by Crippen LogP contribution is 2.26. The van der Waals surface area contributed by atoms with Gasteiger partial charge in [0.2, 0.25) is 0 Å². The van der Waals surface area contributed by atoms with Gasteiger partial charge in [-0.2, -0.15) is 0 Å². The Labute approximate surface area is 110 Å². The zero-order chi connectivity index (χ0) is 12.4. The zero-order valence-electron chi connectivity index (χ0n) is 9.78. The third-order valence-electron chi connectivity index (χ3n) is 2.84. The normalized spacial score (nSPS) is 10.7. The topological polar surface area (TPSA) is 43.8 Å². The maximum Gasteiger partial charge on any atom is 0.0997 e. The van der Waals surface area contributed by atoms with Crippen molar-refractivity contribution < 1.29 is 0 Å². The van der Waals surface area contributed by atoms with Crippen LogP contribution in [-0.4, -0.2) is 9.55 Å². The molecule has 0 amide bonds. The summed E-state index contributed by atoms with van der Waals surface area (Å²) >= 11 is 1.71. The van der Waals surface area contributed by atoms with Crippen molar-refractivity contribution in [3.63, 3.8) is 0 Å². The van der Waals surface area contributed by atoms with Crippen molar-refractivity contribution in [3.8, 4) is 16.3 Å². The molecule has 1 aromatic carbocycles. The molecule has 2 heterocycles. The van der Waals surface area contributed by atoms with Gasteiger partial charge >= 0.3 is 0 Å². The molecule has 0 unspecified atom stereocenters. The van der Waals surface area contributed by atoms with Crippen LogP contribution in [0.3, 0.4) is 0 Å². The zero-order valence-corrected chi connectivity index (χ0v) is 10.6. The van der Waals surface area contributed by atoms with Crippen molar-refractivity contribution in [2.24, 2.45) is 5.73 Å². The lowest BCUT2D eigenvalue weighted by Crippen LogP contribution is -1.99. The van der Waals surface area contributed by atoms with Gasteiger partial charge in [0.25, 0.3) is 0 Å². The molecule has 4 heteroatoms. The second-order valence-corrected chi connectivity index (χ2v) is 4.95. The SMILES string of the molecule is NCc1cccc(-n2cncc2-c2cccs2)c1. The van der Waals surface area contributed by atoms with E-state index in [9.17, 15) is 0 Å². The Bertz CT molecular complexity index is 641. The van der Waals surface area contributed by atoms with Crippen molar-refractivity contribution in [2.75, 3.05) is 0 Å². The first kappa shape index (κ1) is 11.2. The fraction of sp³-hybridized carbons (Fsp3) is 0.0714. The van der Waals surface area contributed by atoms with Gasteiger partial charge < -0.3 is 5.73 Å². The molecule has 0 saturated carbocycles. The number of thiophene rings is 1. The van der Waals surface area contributed by atoms with E-state index < -0.39 is 0 Å². The van der Waals surface area contributed by atoms with Gasteiger partial charge in [0.05, 0.1) is 23.1 Å². The lowest BCUT2D eigenvalue weighted by molar-refractivity contribution is 1.03. The average Bonchev–Trinajstić information content (AvgIpc) is 3.09. The second kappa shape index (κ2) is 4.76. The summed E-state index contributed by atoms with van der Waals surface area (Å²) in [5, 5.41) is 2.07. The van der Waals surface area contributed by atoms with Crippen molar-refractivity contribution in [3.05, 3.63) is 59.9 Å². The number of nitrogens with two attached hydrogens (primary N) is 1. The number of hydrogen-bond donors (Lipinski definition) is 1. The van der Waals surface area contributed by atoms with E-state index >= 15 is 0 Å². The monoisotopic (exact) mass is 255 g/mol. The second-order valence-electron chi connectivity index (χ2n) is 4.00. The first-order valence-electron chi connectivity index (χ1n) is 5.74. The summed E-state index contributed by atoms with van der Waals surface area (Å²) in [5.41, 5.74) is 9.01. The van der Waals surface area contributed by atoms with Crippen LogP contribution < -0.4 is 5.73 Å². The van der Waals surface area contributed by atoms with Gasteiger partial charge in [0.1, 0.15) is 0 Å². The molecule has 2 N–H and O–H groups in total. The van der Waals surface area contributed by atoms with E-state index in [0.717, 1.165) is 16.9 Å². The number of rotatable bonds is 3. The van der Waals surface area contributed by atoms with E-state index in [1.807, 2.05) is 30.7 Å². The minimum Gasteiger partial charge on any atom is -0.326 e. The highest BCUT2D eigenvalue weighted by Gasteiger charge is 2.07. The molecule has 3 aromatic rings. The average molecular weight is 255 g/mol. The molecule has 0 radical (unpaired) electrons. The summed E-state index contributed by atoms with van der Waals surface area (Å²) in [4.78, 5) is 5.46. The minimum absolute atomic E-state index is 0.552. The quantitative estimate of drug-likeness (QED) is 0.781. The summed E-state index contributed by atoms with van der Waals surface area (Å²) < 4.78 is 2.09. The highest BCUT2D eigenvalue weighted by molar-refractivity contribution is 7.13. The molecule has 3 rings (SSSR count). The number of aromatic nitrogens is 2. The van der Waals surface area contributed by atoms with Gasteiger partial charge in [-0.25, -0.2) is 4.98 Å². The predicted molar refractivity (Wildman–Crippen MR) is 74.8 cm³/mol. The molecule has 0 saturated heterocycles. The Morgan fingerprint density at radius 3 is 2.94 bits per heavy atom. The van der Waals surface area contributed by atoms with Gasteiger partial charge in [-0.15, -0.1) is 11.3 Å². The summed E-state index contributed by atoms with van der Waals surface area (Å²) in [5.74, 6) is 0. The molecule has 0 fully saturated rings. The lowest BCUT2D eigenvalue weighted by atomic mass is 10.2. The Balaban J connectivity index is 2.10. The molecular weight excluding hydrogens is 242 g/mol. The van der Waals surface area contributed by atoms with Gasteiger partial charge in [0, 0.05) is 12.2 Å². The van der Waals surface area contributed by atoms with Crippen LogP contribution >= 0.6 is 11.3 Å². The summed E-state index contributed by atoms with van der Waals surface area (Å²) in [6, 6.07) is 12.4. The molecule has 90 valence electrons. The van der Waals surface area contributed by atoms with Crippen molar-refractivity contribution in [1.82, 2.24) is 9.55 Å². The van der Waals surface area contributed by atoms with Crippen LogP contribution in [0.1, 0.15) is 5.56 Å². The first-order chi connectivity index (χ1) is 8.88. The summed E-state index contributed by atoms with van der Waals surface area (Å²) in [7, 11) is 0. The number of benzene rings is 1. The Hall–Kier alpha value is -1.91. The maximum atomic E-state index is 5.68. The molecule has 0 aliphatic heterocycles. The van der Waals surface area contributed by atoms with Crippen molar-refractivity contribution in [2.45, 2.75) is 6.54 Å². The molecule has 0 spiro atoms.